The molecule has 0 aliphatic heterocycles. The van der Waals surface area contributed by atoms with E-state index in [1.165, 1.54) is 0 Å². The van der Waals surface area contributed by atoms with Gasteiger partial charge in [0, 0.05) is 10.0 Å². The van der Waals surface area contributed by atoms with E-state index in [1.54, 1.807) is 31.2 Å². The van der Waals surface area contributed by atoms with Crippen molar-refractivity contribution in [2.75, 3.05) is 6.61 Å². The summed E-state index contributed by atoms with van der Waals surface area (Å²) >= 11 is 3.26. The van der Waals surface area contributed by atoms with Crippen LogP contribution in [0, 0.1) is 0 Å². The fourth-order valence-electron chi connectivity index (χ4n) is 1.06. The Morgan fingerprint density at radius 2 is 2.20 bits per heavy atom. The maximum Gasteiger partial charge on any atom is 0.361 e. The molecule has 0 aromatic heterocycles. The van der Waals surface area contributed by atoms with Gasteiger partial charge < -0.3 is 9.94 Å². The van der Waals surface area contributed by atoms with Gasteiger partial charge in [0.2, 0.25) is 0 Å². The molecule has 0 heterocycles. The van der Waals surface area contributed by atoms with Gasteiger partial charge in [-0.1, -0.05) is 39.3 Å². The normalized spacial score (nSPS) is 11.2. The highest BCUT2D eigenvalue weighted by Gasteiger charge is 2.17. The van der Waals surface area contributed by atoms with E-state index in [9.17, 15) is 4.79 Å². The van der Waals surface area contributed by atoms with Crippen LogP contribution in [0.4, 0.5) is 0 Å². The minimum atomic E-state index is -0.646. The van der Waals surface area contributed by atoms with Crippen LogP contribution < -0.4 is 0 Å². The lowest BCUT2D eigenvalue weighted by atomic mass is 10.1. The first-order valence-corrected chi connectivity index (χ1v) is 5.14. The van der Waals surface area contributed by atoms with Crippen LogP contribution in [0.3, 0.4) is 0 Å². The molecule has 15 heavy (non-hydrogen) atoms. The average Bonchev–Trinajstić information content (AvgIpc) is 2.22. The van der Waals surface area contributed by atoms with Gasteiger partial charge in [0.25, 0.3) is 0 Å². The van der Waals surface area contributed by atoms with Crippen molar-refractivity contribution in [1.29, 1.82) is 0 Å². The van der Waals surface area contributed by atoms with Gasteiger partial charge in [-0.15, -0.1) is 0 Å². The van der Waals surface area contributed by atoms with Crippen molar-refractivity contribution < 1.29 is 14.7 Å². The summed E-state index contributed by atoms with van der Waals surface area (Å²) in [5, 5.41) is 11.7. The SMILES string of the molecule is CCOC(=O)/C(=N\O)c1ccccc1Br. The molecule has 0 spiro atoms. The molecule has 0 fully saturated rings. The van der Waals surface area contributed by atoms with Gasteiger partial charge in [-0.05, 0) is 13.0 Å². The van der Waals surface area contributed by atoms with Gasteiger partial charge in [-0.25, -0.2) is 4.79 Å². The molecule has 80 valence electrons. The molecule has 0 aliphatic carbocycles. The number of carbonyl (C=O) groups excluding carboxylic acids is 1. The molecule has 1 rings (SSSR count). The Bertz CT molecular complexity index is 390. The summed E-state index contributed by atoms with van der Waals surface area (Å²) in [6, 6.07) is 6.95. The Balaban J connectivity index is 3.04. The van der Waals surface area contributed by atoms with E-state index in [0.717, 1.165) is 0 Å². The van der Waals surface area contributed by atoms with Crippen molar-refractivity contribution in [3.63, 3.8) is 0 Å². The van der Waals surface area contributed by atoms with Crippen molar-refractivity contribution in [2.24, 2.45) is 5.16 Å². The van der Waals surface area contributed by atoms with Gasteiger partial charge >= 0.3 is 5.97 Å². The van der Waals surface area contributed by atoms with E-state index >= 15 is 0 Å². The lowest BCUT2D eigenvalue weighted by molar-refractivity contribution is -0.135. The van der Waals surface area contributed by atoms with Gasteiger partial charge in [0.05, 0.1) is 6.61 Å². The molecular formula is C10H10BrNO3. The molecule has 0 radical (unpaired) electrons. The Labute approximate surface area is 95.7 Å². The zero-order valence-corrected chi connectivity index (χ0v) is 9.69. The van der Waals surface area contributed by atoms with Gasteiger partial charge in [0.15, 0.2) is 5.71 Å². The Kier molecular flexibility index (Phi) is 4.30. The zero-order chi connectivity index (χ0) is 11.3. The summed E-state index contributed by atoms with van der Waals surface area (Å²) in [4.78, 5) is 11.4. The van der Waals surface area contributed by atoms with Gasteiger partial charge in [-0.2, -0.15) is 0 Å². The Hall–Kier alpha value is -1.36. The highest BCUT2D eigenvalue weighted by molar-refractivity contribution is 9.10. The second kappa shape index (κ2) is 5.50. The monoisotopic (exact) mass is 271 g/mol. The van der Waals surface area contributed by atoms with E-state index < -0.39 is 5.97 Å². The molecule has 0 atom stereocenters. The Morgan fingerprint density at radius 1 is 1.53 bits per heavy atom. The molecule has 0 unspecified atom stereocenters. The summed E-state index contributed by atoms with van der Waals surface area (Å²) in [5.74, 6) is -0.646. The molecule has 0 saturated heterocycles. The van der Waals surface area contributed by atoms with Crippen LogP contribution in [0.5, 0.6) is 0 Å². The van der Waals surface area contributed by atoms with Crippen LogP contribution in [0.2, 0.25) is 0 Å². The summed E-state index contributed by atoms with van der Waals surface area (Å²) in [7, 11) is 0. The summed E-state index contributed by atoms with van der Waals surface area (Å²) in [6.07, 6.45) is 0. The van der Waals surface area contributed by atoms with Gasteiger partial charge in [-0.3, -0.25) is 0 Å². The number of oxime groups is 1. The van der Waals surface area contributed by atoms with E-state index in [1.807, 2.05) is 0 Å². The lowest BCUT2D eigenvalue weighted by Gasteiger charge is -2.05. The van der Waals surface area contributed by atoms with E-state index in [2.05, 4.69) is 21.1 Å². The van der Waals surface area contributed by atoms with Crippen molar-refractivity contribution in [3.05, 3.63) is 34.3 Å². The predicted octanol–water partition coefficient (Wildman–Crippen LogP) is 2.19. The quantitative estimate of drug-likeness (QED) is 0.397. The number of carbonyl (C=O) groups is 1. The molecule has 0 bridgehead atoms. The first-order chi connectivity index (χ1) is 7.20. The van der Waals surface area contributed by atoms with Gasteiger partial charge in [0.1, 0.15) is 0 Å². The third kappa shape index (κ3) is 2.79. The van der Waals surface area contributed by atoms with Crippen molar-refractivity contribution in [2.45, 2.75) is 6.92 Å². The number of esters is 1. The maximum atomic E-state index is 11.4. The third-order valence-electron chi connectivity index (χ3n) is 1.70. The zero-order valence-electron chi connectivity index (χ0n) is 8.11. The number of hydrogen-bond donors (Lipinski definition) is 1. The third-order valence-corrected chi connectivity index (χ3v) is 2.39. The summed E-state index contributed by atoms with van der Waals surface area (Å²) < 4.78 is 5.43. The highest BCUT2D eigenvalue weighted by atomic mass is 79.9. The number of ether oxygens (including phenoxy) is 1. The van der Waals surface area contributed by atoms with Crippen LogP contribution in [0.15, 0.2) is 33.9 Å². The molecule has 0 saturated carbocycles. The molecule has 1 N–H and O–H groups in total. The summed E-state index contributed by atoms with van der Waals surface area (Å²) in [6.45, 7) is 1.93. The largest absolute Gasteiger partial charge is 0.461 e. The second-order valence-electron chi connectivity index (χ2n) is 2.65. The van der Waals surface area contributed by atoms with Crippen molar-refractivity contribution in [1.82, 2.24) is 0 Å². The minimum Gasteiger partial charge on any atom is -0.461 e. The number of rotatable bonds is 3. The smallest absolute Gasteiger partial charge is 0.361 e. The van der Waals surface area contributed by atoms with Crippen LogP contribution in [-0.4, -0.2) is 23.5 Å². The van der Waals surface area contributed by atoms with Crippen LogP contribution in [0.1, 0.15) is 12.5 Å². The average molecular weight is 272 g/mol. The highest BCUT2D eigenvalue weighted by Crippen LogP contribution is 2.17. The summed E-state index contributed by atoms with van der Waals surface area (Å²) in [5.41, 5.74) is 0.391. The second-order valence-corrected chi connectivity index (χ2v) is 3.50. The first-order valence-electron chi connectivity index (χ1n) is 4.34. The van der Waals surface area contributed by atoms with Crippen molar-refractivity contribution in [3.8, 4) is 0 Å². The number of hydrogen-bond acceptors (Lipinski definition) is 4. The molecule has 1 aromatic carbocycles. The molecule has 0 amide bonds. The van der Waals surface area contributed by atoms with Crippen molar-refractivity contribution >= 4 is 27.6 Å². The number of benzene rings is 1. The van der Waals surface area contributed by atoms with E-state index in [-0.39, 0.29) is 12.3 Å². The minimum absolute atomic E-state index is 0.107. The van der Waals surface area contributed by atoms with E-state index in [0.29, 0.717) is 10.0 Å². The van der Waals surface area contributed by atoms with Crippen LogP contribution in [0.25, 0.3) is 0 Å². The molecule has 5 heteroatoms. The van der Waals surface area contributed by atoms with Crippen LogP contribution >= 0.6 is 15.9 Å². The first kappa shape index (κ1) is 11.7. The Morgan fingerprint density at radius 3 is 2.73 bits per heavy atom. The molecule has 1 aromatic rings. The standard InChI is InChI=1S/C10H10BrNO3/c1-2-15-10(13)9(12-14)7-5-3-4-6-8(7)11/h3-6,14H,2H2,1H3/b12-9-. The topological polar surface area (TPSA) is 58.9 Å². The molecular weight excluding hydrogens is 262 g/mol. The number of nitrogens with zero attached hydrogens (tertiary/aromatic N) is 1. The molecule has 0 aliphatic rings. The maximum absolute atomic E-state index is 11.4. The predicted molar refractivity (Wildman–Crippen MR) is 59.1 cm³/mol. The van der Waals surface area contributed by atoms with Crippen LogP contribution in [-0.2, 0) is 9.53 Å². The molecule has 4 nitrogen and oxygen atoms in total. The fraction of sp³-hybridized carbons (Fsp3) is 0.200. The van der Waals surface area contributed by atoms with E-state index in [4.69, 9.17) is 9.94 Å². The lowest BCUT2D eigenvalue weighted by Crippen LogP contribution is -2.19. The fourth-order valence-corrected chi connectivity index (χ4v) is 1.53. The number of halogens is 1.